The highest BCUT2D eigenvalue weighted by Crippen LogP contribution is 2.34. The average Bonchev–Trinajstić information content (AvgIpc) is 2.87. The Labute approximate surface area is 150 Å². The third-order valence-electron chi connectivity index (χ3n) is 3.03. The van der Waals surface area contributed by atoms with E-state index in [0.29, 0.717) is 16.9 Å². The molecule has 0 atom stereocenters. The largest absolute Gasteiger partial charge is 0.462 e. The number of ketones is 1. The fourth-order valence-electron chi connectivity index (χ4n) is 1.95. The third kappa shape index (κ3) is 5.82. The lowest BCUT2D eigenvalue weighted by Gasteiger charge is -2.07. The highest BCUT2D eigenvalue weighted by Gasteiger charge is 2.25. The van der Waals surface area contributed by atoms with Crippen LogP contribution in [0.2, 0.25) is 0 Å². The topological polar surface area (TPSA) is 98.8 Å². The fourth-order valence-corrected chi connectivity index (χ4v) is 3.05. The quantitative estimate of drug-likeness (QED) is 0.431. The van der Waals surface area contributed by atoms with E-state index in [1.165, 1.54) is 13.0 Å². The first-order valence-electron chi connectivity index (χ1n) is 7.76. The van der Waals surface area contributed by atoms with Crippen LogP contribution < -0.4 is 5.32 Å². The van der Waals surface area contributed by atoms with Crippen molar-refractivity contribution in [2.24, 2.45) is 0 Å². The van der Waals surface area contributed by atoms with Gasteiger partial charge in [-0.3, -0.25) is 9.59 Å². The van der Waals surface area contributed by atoms with E-state index >= 15 is 0 Å². The molecule has 0 aliphatic rings. The van der Waals surface area contributed by atoms with Gasteiger partial charge in [0.25, 0.3) is 5.91 Å². The number of amides is 1. The molecule has 1 rings (SSSR count). The van der Waals surface area contributed by atoms with E-state index in [9.17, 15) is 19.2 Å². The van der Waals surface area contributed by atoms with Crippen LogP contribution in [0.15, 0.2) is 12.2 Å². The van der Waals surface area contributed by atoms with Gasteiger partial charge in [0, 0.05) is 6.08 Å². The van der Waals surface area contributed by atoms with Gasteiger partial charge in [-0.15, -0.1) is 11.3 Å². The highest BCUT2D eigenvalue weighted by atomic mass is 32.1. The predicted octanol–water partition coefficient (Wildman–Crippen LogP) is 2.88. The van der Waals surface area contributed by atoms with E-state index in [2.05, 4.69) is 5.32 Å². The lowest BCUT2D eigenvalue weighted by atomic mass is 10.1. The Hall–Kier alpha value is -2.48. The molecule has 0 aliphatic carbocycles. The van der Waals surface area contributed by atoms with Crippen molar-refractivity contribution in [3.8, 4) is 0 Å². The van der Waals surface area contributed by atoms with Crippen molar-refractivity contribution in [2.45, 2.75) is 34.1 Å². The van der Waals surface area contributed by atoms with Crippen molar-refractivity contribution in [3.05, 3.63) is 28.2 Å². The van der Waals surface area contributed by atoms with E-state index in [4.69, 9.17) is 9.47 Å². The van der Waals surface area contributed by atoms with E-state index in [-0.39, 0.29) is 23.0 Å². The molecular formula is C17H21NO6S. The first-order chi connectivity index (χ1) is 11.8. The number of thiophene rings is 1. The molecule has 0 spiro atoms. The zero-order valence-electron chi connectivity index (χ0n) is 14.6. The van der Waals surface area contributed by atoms with Crippen molar-refractivity contribution < 1.29 is 28.7 Å². The summed E-state index contributed by atoms with van der Waals surface area (Å²) in [5.74, 6) is -2.08. The first-order valence-corrected chi connectivity index (χ1v) is 8.57. The van der Waals surface area contributed by atoms with E-state index in [0.717, 1.165) is 11.3 Å². The SMILES string of the molecule is CC/C=C/C(=O)OCC(=O)Nc1sc(C(C)=O)c(C)c1C(=O)OCC. The van der Waals surface area contributed by atoms with Crippen LogP contribution in [0.1, 0.15) is 52.8 Å². The van der Waals surface area contributed by atoms with Gasteiger partial charge >= 0.3 is 11.9 Å². The number of hydrogen-bond donors (Lipinski definition) is 1. The summed E-state index contributed by atoms with van der Waals surface area (Å²) < 4.78 is 9.77. The smallest absolute Gasteiger partial charge is 0.341 e. The second-order valence-electron chi connectivity index (χ2n) is 5.00. The number of rotatable bonds is 8. The van der Waals surface area contributed by atoms with Crippen LogP contribution in [0.4, 0.5) is 5.00 Å². The number of Topliss-reactive ketones (excluding diaryl/α,β-unsaturated/α-hetero) is 1. The van der Waals surface area contributed by atoms with Gasteiger partial charge in [0.05, 0.1) is 17.0 Å². The van der Waals surface area contributed by atoms with Crippen LogP contribution in [0.3, 0.4) is 0 Å². The molecule has 0 aliphatic heterocycles. The van der Waals surface area contributed by atoms with Gasteiger partial charge in [-0.25, -0.2) is 9.59 Å². The van der Waals surface area contributed by atoms with E-state index in [1.807, 2.05) is 6.92 Å². The molecule has 0 fully saturated rings. The second kappa shape index (κ2) is 9.73. The molecule has 1 amide bonds. The molecule has 0 aromatic carbocycles. The van der Waals surface area contributed by atoms with Crippen molar-refractivity contribution in [3.63, 3.8) is 0 Å². The molecular weight excluding hydrogens is 346 g/mol. The Morgan fingerprint density at radius 1 is 1.16 bits per heavy atom. The summed E-state index contributed by atoms with van der Waals surface area (Å²) in [5, 5.41) is 2.70. The van der Waals surface area contributed by atoms with Crippen LogP contribution >= 0.6 is 11.3 Å². The zero-order valence-corrected chi connectivity index (χ0v) is 15.5. The molecule has 1 aromatic heterocycles. The Kier molecular flexibility index (Phi) is 8.00. The second-order valence-corrected chi connectivity index (χ2v) is 6.02. The van der Waals surface area contributed by atoms with E-state index < -0.39 is 24.5 Å². The Morgan fingerprint density at radius 3 is 2.40 bits per heavy atom. The molecule has 136 valence electrons. The first kappa shape index (κ1) is 20.6. The predicted molar refractivity (Wildman–Crippen MR) is 94.0 cm³/mol. The van der Waals surface area contributed by atoms with Gasteiger partial charge in [-0.05, 0) is 32.8 Å². The maximum atomic E-state index is 12.1. The number of ether oxygens (including phenoxy) is 2. The maximum Gasteiger partial charge on any atom is 0.341 e. The number of carbonyl (C=O) groups excluding carboxylic acids is 4. The summed E-state index contributed by atoms with van der Waals surface area (Å²) in [4.78, 5) is 47.5. The standard InChI is InChI=1S/C17H21NO6S/c1-5-7-8-13(21)24-9-12(20)18-16-14(17(22)23-6-2)10(3)15(25-16)11(4)19/h7-8H,5-6,9H2,1-4H3,(H,18,20)/b8-7+. The number of hydrogen-bond acceptors (Lipinski definition) is 7. The molecule has 0 saturated carbocycles. The molecule has 1 heterocycles. The van der Waals surface area contributed by atoms with Crippen LogP contribution in [0, 0.1) is 6.92 Å². The minimum atomic E-state index is -0.630. The van der Waals surface area contributed by atoms with Crippen LogP contribution in [-0.2, 0) is 19.1 Å². The molecule has 25 heavy (non-hydrogen) atoms. The summed E-state index contributed by atoms with van der Waals surface area (Å²) in [7, 11) is 0. The van der Waals surface area contributed by atoms with Gasteiger partial charge in [0.15, 0.2) is 12.4 Å². The number of nitrogens with one attached hydrogen (secondary N) is 1. The number of allylic oxidation sites excluding steroid dienone is 1. The molecule has 0 saturated heterocycles. The van der Waals surface area contributed by atoms with Crippen molar-refractivity contribution >= 4 is 40.0 Å². The molecule has 1 N–H and O–H groups in total. The lowest BCUT2D eigenvalue weighted by molar-refractivity contribution is -0.142. The van der Waals surface area contributed by atoms with Crippen molar-refractivity contribution in [2.75, 3.05) is 18.5 Å². The van der Waals surface area contributed by atoms with Crippen LogP contribution in [-0.4, -0.2) is 36.8 Å². The Morgan fingerprint density at radius 2 is 1.84 bits per heavy atom. The summed E-state index contributed by atoms with van der Waals surface area (Å²) in [6, 6.07) is 0. The van der Waals surface area contributed by atoms with Crippen molar-refractivity contribution in [1.29, 1.82) is 0 Å². The Bertz CT molecular complexity index is 704. The van der Waals surface area contributed by atoms with Crippen LogP contribution in [0.5, 0.6) is 0 Å². The van der Waals surface area contributed by atoms with Gasteiger partial charge in [-0.2, -0.15) is 0 Å². The van der Waals surface area contributed by atoms with Crippen LogP contribution in [0.25, 0.3) is 0 Å². The summed E-state index contributed by atoms with van der Waals surface area (Å²) >= 11 is 0.988. The summed E-state index contributed by atoms with van der Waals surface area (Å²) in [5.41, 5.74) is 0.594. The zero-order chi connectivity index (χ0) is 19.0. The summed E-state index contributed by atoms with van der Waals surface area (Å²) in [6.45, 7) is 6.18. The molecule has 7 nitrogen and oxygen atoms in total. The van der Waals surface area contributed by atoms with Gasteiger partial charge < -0.3 is 14.8 Å². The molecule has 0 radical (unpaired) electrons. The number of anilines is 1. The number of carbonyl (C=O) groups is 4. The average molecular weight is 367 g/mol. The third-order valence-corrected chi connectivity index (χ3v) is 4.34. The minimum Gasteiger partial charge on any atom is -0.462 e. The molecule has 1 aromatic rings. The monoisotopic (exact) mass is 367 g/mol. The maximum absolute atomic E-state index is 12.1. The normalized spacial score (nSPS) is 10.6. The molecule has 0 unspecified atom stereocenters. The Balaban J connectivity index is 2.92. The molecule has 0 bridgehead atoms. The highest BCUT2D eigenvalue weighted by molar-refractivity contribution is 7.18. The lowest BCUT2D eigenvalue weighted by Crippen LogP contribution is -2.21. The van der Waals surface area contributed by atoms with Gasteiger partial charge in [0.2, 0.25) is 0 Å². The fraction of sp³-hybridized carbons (Fsp3) is 0.412. The molecule has 8 heteroatoms. The van der Waals surface area contributed by atoms with Gasteiger partial charge in [0.1, 0.15) is 5.00 Å². The van der Waals surface area contributed by atoms with Gasteiger partial charge in [-0.1, -0.05) is 13.0 Å². The van der Waals surface area contributed by atoms with E-state index in [1.54, 1.807) is 19.9 Å². The van der Waals surface area contributed by atoms with Crippen molar-refractivity contribution in [1.82, 2.24) is 0 Å². The summed E-state index contributed by atoms with van der Waals surface area (Å²) in [6.07, 6.45) is 3.52. The number of esters is 2. The minimum absolute atomic E-state index is 0.141.